The Morgan fingerprint density at radius 2 is 2.00 bits per heavy atom. The molecular formula is C15H21FN2. The molecule has 1 aliphatic heterocycles. The van der Waals surface area contributed by atoms with Gasteiger partial charge in [-0.2, -0.15) is 0 Å². The largest absolute Gasteiger partial charge is 0.383 e. The summed E-state index contributed by atoms with van der Waals surface area (Å²) in [6, 6.07) is 5.05. The van der Waals surface area contributed by atoms with E-state index in [-0.39, 0.29) is 5.82 Å². The van der Waals surface area contributed by atoms with Crippen LogP contribution in [0.25, 0.3) is 0 Å². The molecule has 0 unspecified atom stereocenters. The van der Waals surface area contributed by atoms with Gasteiger partial charge in [0.1, 0.15) is 5.82 Å². The molecule has 2 nitrogen and oxygen atoms in total. The molecule has 1 heterocycles. The minimum absolute atomic E-state index is 0.151. The number of nitrogens with one attached hydrogen (secondary N) is 1. The smallest absolute Gasteiger partial charge is 0.125 e. The van der Waals surface area contributed by atoms with Crippen molar-refractivity contribution in [2.24, 2.45) is 5.41 Å². The van der Waals surface area contributed by atoms with Gasteiger partial charge in [-0.1, -0.05) is 19.3 Å². The number of benzene rings is 1. The molecule has 0 atom stereocenters. The van der Waals surface area contributed by atoms with E-state index in [0.29, 0.717) is 5.41 Å². The van der Waals surface area contributed by atoms with Gasteiger partial charge >= 0.3 is 0 Å². The van der Waals surface area contributed by atoms with Crippen LogP contribution in [-0.2, 0) is 0 Å². The van der Waals surface area contributed by atoms with Crippen molar-refractivity contribution in [3.63, 3.8) is 0 Å². The maximum atomic E-state index is 13.4. The fourth-order valence-corrected chi connectivity index (χ4v) is 3.53. The van der Waals surface area contributed by atoms with Gasteiger partial charge < -0.3 is 10.2 Å². The lowest BCUT2D eigenvalue weighted by molar-refractivity contribution is 0.215. The van der Waals surface area contributed by atoms with Gasteiger partial charge in [0, 0.05) is 25.6 Å². The van der Waals surface area contributed by atoms with Gasteiger partial charge in [0.25, 0.3) is 0 Å². The summed E-state index contributed by atoms with van der Waals surface area (Å²) in [5.41, 5.74) is 2.45. The fourth-order valence-electron chi connectivity index (χ4n) is 3.53. The maximum absolute atomic E-state index is 13.4. The average Bonchev–Trinajstić information content (AvgIpc) is 2.49. The van der Waals surface area contributed by atoms with E-state index in [1.54, 1.807) is 12.1 Å². The van der Waals surface area contributed by atoms with Crippen LogP contribution in [-0.4, -0.2) is 20.1 Å². The molecule has 1 aromatic rings. The summed E-state index contributed by atoms with van der Waals surface area (Å²) in [6.07, 6.45) is 6.62. The predicted octanol–water partition coefficient (Wildman–Crippen LogP) is 3.64. The fraction of sp³-hybridized carbons (Fsp3) is 0.600. The molecule has 1 aliphatic carbocycles. The zero-order valence-corrected chi connectivity index (χ0v) is 11.0. The first kappa shape index (κ1) is 11.8. The maximum Gasteiger partial charge on any atom is 0.125 e. The average molecular weight is 248 g/mol. The highest BCUT2D eigenvalue weighted by molar-refractivity contribution is 5.71. The zero-order chi connectivity index (χ0) is 12.6. The van der Waals surface area contributed by atoms with E-state index < -0.39 is 0 Å². The number of nitrogens with zero attached hydrogens (tertiary/aromatic N) is 1. The van der Waals surface area contributed by atoms with Crippen molar-refractivity contribution in [1.29, 1.82) is 0 Å². The summed E-state index contributed by atoms with van der Waals surface area (Å²) in [5.74, 6) is -0.151. The molecule has 2 aliphatic rings. The SMILES string of the molecule is CN1CC2(CCCCC2)CNc2ccc(F)cc21. The minimum Gasteiger partial charge on any atom is -0.383 e. The second-order valence-electron chi connectivity index (χ2n) is 5.93. The van der Waals surface area contributed by atoms with Crippen molar-refractivity contribution in [1.82, 2.24) is 0 Å². The van der Waals surface area contributed by atoms with E-state index >= 15 is 0 Å². The Kier molecular flexibility index (Phi) is 2.92. The van der Waals surface area contributed by atoms with Gasteiger partial charge in [0.05, 0.1) is 11.4 Å². The van der Waals surface area contributed by atoms with Gasteiger partial charge in [-0.05, 0) is 31.0 Å². The third-order valence-corrected chi connectivity index (χ3v) is 4.51. The van der Waals surface area contributed by atoms with Crippen molar-refractivity contribution in [3.05, 3.63) is 24.0 Å². The number of rotatable bonds is 0. The molecule has 0 radical (unpaired) electrons. The topological polar surface area (TPSA) is 15.3 Å². The van der Waals surface area contributed by atoms with Crippen molar-refractivity contribution < 1.29 is 4.39 Å². The van der Waals surface area contributed by atoms with Crippen LogP contribution in [0, 0.1) is 11.2 Å². The Balaban J connectivity index is 1.90. The highest BCUT2D eigenvalue weighted by Crippen LogP contribution is 2.41. The Morgan fingerprint density at radius 1 is 1.22 bits per heavy atom. The second kappa shape index (κ2) is 4.45. The van der Waals surface area contributed by atoms with Crippen LogP contribution in [0.1, 0.15) is 32.1 Å². The van der Waals surface area contributed by atoms with Crippen molar-refractivity contribution in [2.75, 3.05) is 30.4 Å². The van der Waals surface area contributed by atoms with E-state index in [9.17, 15) is 4.39 Å². The van der Waals surface area contributed by atoms with Crippen LogP contribution in [0.15, 0.2) is 18.2 Å². The third-order valence-electron chi connectivity index (χ3n) is 4.51. The molecule has 18 heavy (non-hydrogen) atoms. The summed E-state index contributed by atoms with van der Waals surface area (Å²) >= 11 is 0. The summed E-state index contributed by atoms with van der Waals surface area (Å²) < 4.78 is 13.4. The monoisotopic (exact) mass is 248 g/mol. The summed E-state index contributed by atoms with van der Waals surface area (Å²) in [7, 11) is 2.08. The van der Waals surface area contributed by atoms with Crippen LogP contribution < -0.4 is 10.2 Å². The molecule has 98 valence electrons. The van der Waals surface area contributed by atoms with E-state index in [1.165, 1.54) is 32.1 Å². The second-order valence-corrected chi connectivity index (χ2v) is 5.93. The lowest BCUT2D eigenvalue weighted by Crippen LogP contribution is -2.40. The van der Waals surface area contributed by atoms with Crippen LogP contribution >= 0.6 is 0 Å². The van der Waals surface area contributed by atoms with Crippen molar-refractivity contribution in [2.45, 2.75) is 32.1 Å². The van der Waals surface area contributed by atoms with E-state index in [4.69, 9.17) is 0 Å². The first-order valence-corrected chi connectivity index (χ1v) is 6.93. The zero-order valence-electron chi connectivity index (χ0n) is 11.0. The van der Waals surface area contributed by atoms with Crippen LogP contribution in [0.5, 0.6) is 0 Å². The Bertz CT molecular complexity index is 438. The predicted molar refractivity (Wildman–Crippen MR) is 73.7 cm³/mol. The normalized spacial score (nSPS) is 22.2. The molecule has 3 rings (SSSR count). The van der Waals surface area contributed by atoms with Crippen LogP contribution in [0.4, 0.5) is 15.8 Å². The molecular weight excluding hydrogens is 227 g/mol. The van der Waals surface area contributed by atoms with Gasteiger partial charge in [-0.3, -0.25) is 0 Å². The quantitative estimate of drug-likeness (QED) is 0.754. The third kappa shape index (κ3) is 2.06. The molecule has 1 spiro atoms. The van der Waals surface area contributed by atoms with Crippen molar-refractivity contribution >= 4 is 11.4 Å². The number of halogens is 1. The van der Waals surface area contributed by atoms with E-state index in [0.717, 1.165) is 24.5 Å². The summed E-state index contributed by atoms with van der Waals surface area (Å²) in [4.78, 5) is 2.23. The number of anilines is 2. The molecule has 0 amide bonds. The molecule has 0 bridgehead atoms. The number of hydrogen-bond donors (Lipinski definition) is 1. The molecule has 1 saturated carbocycles. The van der Waals surface area contributed by atoms with E-state index in [2.05, 4.69) is 17.3 Å². The molecule has 1 aromatic carbocycles. The van der Waals surface area contributed by atoms with Gasteiger partial charge in [-0.25, -0.2) is 4.39 Å². The van der Waals surface area contributed by atoms with Gasteiger partial charge in [0.15, 0.2) is 0 Å². The highest BCUT2D eigenvalue weighted by atomic mass is 19.1. The van der Waals surface area contributed by atoms with Crippen LogP contribution in [0.3, 0.4) is 0 Å². The molecule has 1 N–H and O–H groups in total. The first-order valence-electron chi connectivity index (χ1n) is 6.93. The number of fused-ring (bicyclic) bond motifs is 1. The lowest BCUT2D eigenvalue weighted by atomic mass is 9.74. The standard InChI is InChI=1S/C15H21FN2/c1-18-11-15(7-3-2-4-8-15)10-17-13-6-5-12(16)9-14(13)18/h5-6,9,17H,2-4,7-8,10-11H2,1H3. The first-order chi connectivity index (χ1) is 8.69. The number of hydrogen-bond acceptors (Lipinski definition) is 2. The summed E-state index contributed by atoms with van der Waals surface area (Å²) in [6.45, 7) is 2.06. The summed E-state index contributed by atoms with van der Waals surface area (Å²) in [5, 5.41) is 3.53. The minimum atomic E-state index is -0.151. The highest BCUT2D eigenvalue weighted by Gasteiger charge is 2.35. The lowest BCUT2D eigenvalue weighted by Gasteiger charge is -2.38. The Labute approximate surface area is 108 Å². The van der Waals surface area contributed by atoms with Gasteiger partial charge in [0.2, 0.25) is 0 Å². The van der Waals surface area contributed by atoms with Crippen molar-refractivity contribution in [3.8, 4) is 0 Å². The molecule has 3 heteroatoms. The van der Waals surface area contributed by atoms with E-state index in [1.807, 2.05) is 6.07 Å². The van der Waals surface area contributed by atoms with Crippen LogP contribution in [0.2, 0.25) is 0 Å². The Morgan fingerprint density at radius 3 is 2.78 bits per heavy atom. The Hall–Kier alpha value is -1.25. The molecule has 0 aromatic heterocycles. The van der Waals surface area contributed by atoms with Gasteiger partial charge in [-0.15, -0.1) is 0 Å². The molecule has 1 fully saturated rings. The molecule has 0 saturated heterocycles.